The molecule has 2 nitrogen and oxygen atoms in total. The Hall–Kier alpha value is -2.35. The van der Waals surface area contributed by atoms with Gasteiger partial charge < -0.3 is 0 Å². The number of aryl methyl sites for hydroxylation is 1. The van der Waals surface area contributed by atoms with E-state index in [9.17, 15) is 0 Å². The maximum atomic E-state index is 2.76. The lowest BCUT2D eigenvalue weighted by atomic mass is 9.78. The van der Waals surface area contributed by atoms with Gasteiger partial charge in [0.25, 0.3) is 5.82 Å². The van der Waals surface area contributed by atoms with Crippen LogP contribution in [0.3, 0.4) is 0 Å². The highest BCUT2D eigenvalue weighted by atomic mass is 15.3. The van der Waals surface area contributed by atoms with Gasteiger partial charge in [-0.15, -0.1) is 0 Å². The molecule has 0 bridgehead atoms. The van der Waals surface area contributed by atoms with E-state index in [0.717, 1.165) is 0 Å². The average molecular weight is 400 g/mol. The molecule has 0 spiro atoms. The third kappa shape index (κ3) is 2.52. The molecule has 1 unspecified atom stereocenters. The SMILES string of the molecule is Cc1ccccc1-n1c(C)c2[n+](c1C(C)(C)C)C(C)(C1CCCC1)c1ccccc1-2. The van der Waals surface area contributed by atoms with Crippen LogP contribution in [0.25, 0.3) is 16.9 Å². The molecule has 2 heteroatoms. The van der Waals surface area contributed by atoms with Crippen molar-refractivity contribution in [2.75, 3.05) is 0 Å². The molecule has 5 rings (SSSR count). The van der Waals surface area contributed by atoms with Gasteiger partial charge in [-0.2, -0.15) is 4.57 Å². The van der Waals surface area contributed by atoms with E-state index in [0.29, 0.717) is 5.92 Å². The number of hydrogen-bond donors (Lipinski definition) is 0. The Labute approximate surface area is 181 Å². The van der Waals surface area contributed by atoms with Gasteiger partial charge in [0.15, 0.2) is 11.4 Å². The van der Waals surface area contributed by atoms with E-state index in [1.54, 1.807) is 0 Å². The van der Waals surface area contributed by atoms with Crippen molar-refractivity contribution in [1.29, 1.82) is 0 Å². The lowest BCUT2D eigenvalue weighted by molar-refractivity contribution is -0.752. The van der Waals surface area contributed by atoms with Crippen LogP contribution in [0.15, 0.2) is 48.5 Å². The summed E-state index contributed by atoms with van der Waals surface area (Å²) in [7, 11) is 0. The Morgan fingerprint density at radius 3 is 2.23 bits per heavy atom. The van der Waals surface area contributed by atoms with Crippen LogP contribution in [0.1, 0.15) is 76.0 Å². The van der Waals surface area contributed by atoms with E-state index in [1.165, 1.54) is 65.3 Å². The van der Waals surface area contributed by atoms with E-state index in [-0.39, 0.29) is 11.0 Å². The molecule has 0 N–H and O–H groups in total. The number of imidazole rings is 1. The second kappa shape index (κ2) is 6.57. The number of aromatic nitrogens is 2. The first kappa shape index (κ1) is 19.6. The van der Waals surface area contributed by atoms with Crippen molar-refractivity contribution in [3.8, 4) is 16.9 Å². The Morgan fingerprint density at radius 1 is 0.933 bits per heavy atom. The summed E-state index contributed by atoms with van der Waals surface area (Å²) in [5.41, 5.74) is 8.43. The van der Waals surface area contributed by atoms with Crippen molar-refractivity contribution in [3.05, 3.63) is 71.2 Å². The Balaban J connectivity index is 1.92. The Kier molecular flexibility index (Phi) is 4.29. The lowest BCUT2D eigenvalue weighted by Gasteiger charge is -2.33. The number of para-hydroxylation sites is 1. The third-order valence-electron chi connectivity index (χ3n) is 7.69. The highest BCUT2D eigenvalue weighted by Crippen LogP contribution is 2.50. The molecular weight excluding hydrogens is 364 g/mol. The standard InChI is InChI=1S/C28H35N2/c1-19-13-7-12-18-24(19)29-20(2)25-22-16-10-11-17-23(22)28(6,21-14-8-9-15-21)30(25)26(29)27(3,4)5/h7,10-13,16-18,21H,8-9,14-15H2,1-6H3/q+1. The van der Waals surface area contributed by atoms with E-state index in [4.69, 9.17) is 0 Å². The fourth-order valence-electron chi connectivity index (χ4n) is 6.32. The molecule has 1 fully saturated rings. The number of rotatable bonds is 2. The summed E-state index contributed by atoms with van der Waals surface area (Å²) in [4.78, 5) is 0. The van der Waals surface area contributed by atoms with Crippen molar-refractivity contribution in [3.63, 3.8) is 0 Å². The van der Waals surface area contributed by atoms with Crippen molar-refractivity contribution >= 4 is 0 Å². The van der Waals surface area contributed by atoms with E-state index < -0.39 is 0 Å². The smallest absolute Gasteiger partial charge is 0.216 e. The molecule has 0 saturated heterocycles. The first-order valence-electron chi connectivity index (χ1n) is 11.6. The van der Waals surface area contributed by atoms with Crippen molar-refractivity contribution in [1.82, 2.24) is 4.57 Å². The highest BCUT2D eigenvalue weighted by molar-refractivity contribution is 5.69. The van der Waals surface area contributed by atoms with Crippen LogP contribution in [0.5, 0.6) is 0 Å². The topological polar surface area (TPSA) is 8.81 Å². The lowest BCUT2D eigenvalue weighted by Crippen LogP contribution is -2.60. The van der Waals surface area contributed by atoms with E-state index >= 15 is 0 Å². The Bertz CT molecular complexity index is 1120. The Morgan fingerprint density at radius 2 is 1.57 bits per heavy atom. The van der Waals surface area contributed by atoms with Crippen LogP contribution in [0.2, 0.25) is 0 Å². The summed E-state index contributed by atoms with van der Waals surface area (Å²) in [6, 6.07) is 18.0. The summed E-state index contributed by atoms with van der Waals surface area (Å²) < 4.78 is 5.32. The molecule has 30 heavy (non-hydrogen) atoms. The third-order valence-corrected chi connectivity index (χ3v) is 7.69. The van der Waals surface area contributed by atoms with Crippen LogP contribution >= 0.6 is 0 Å². The van der Waals surface area contributed by atoms with Gasteiger partial charge in [-0.25, -0.2) is 4.57 Å². The molecule has 3 aromatic rings. The summed E-state index contributed by atoms with van der Waals surface area (Å²) >= 11 is 0. The van der Waals surface area contributed by atoms with Crippen molar-refractivity contribution in [2.24, 2.45) is 5.92 Å². The van der Waals surface area contributed by atoms with Crippen LogP contribution in [0, 0.1) is 19.8 Å². The number of benzene rings is 2. The largest absolute Gasteiger partial charge is 0.268 e. The molecule has 0 radical (unpaired) electrons. The molecule has 0 amide bonds. The fraction of sp³-hybridized carbons (Fsp3) is 0.464. The number of hydrogen-bond acceptors (Lipinski definition) is 0. The zero-order valence-electron chi connectivity index (χ0n) is 19.4. The molecule has 1 aromatic heterocycles. The molecular formula is C28H35N2+. The first-order chi connectivity index (χ1) is 14.3. The van der Waals surface area contributed by atoms with Crippen molar-refractivity contribution < 1.29 is 4.57 Å². The second-order valence-electron chi connectivity index (χ2n) is 10.6. The molecule has 1 aliphatic carbocycles. The number of nitrogens with zero attached hydrogens (tertiary/aromatic N) is 2. The monoisotopic (exact) mass is 399 g/mol. The maximum absolute atomic E-state index is 2.76. The fourth-order valence-corrected chi connectivity index (χ4v) is 6.32. The van der Waals surface area contributed by atoms with Gasteiger partial charge in [0.05, 0.1) is 5.41 Å². The van der Waals surface area contributed by atoms with Gasteiger partial charge >= 0.3 is 0 Å². The van der Waals surface area contributed by atoms with Gasteiger partial charge in [0, 0.05) is 24.0 Å². The molecule has 2 aliphatic rings. The van der Waals surface area contributed by atoms with E-state index in [2.05, 4.69) is 99.2 Å². The zero-order chi connectivity index (χ0) is 21.3. The average Bonchev–Trinajstić information content (AvgIpc) is 3.39. The minimum Gasteiger partial charge on any atom is -0.216 e. The van der Waals surface area contributed by atoms with Crippen LogP contribution < -0.4 is 4.57 Å². The maximum Gasteiger partial charge on any atom is 0.268 e. The van der Waals surface area contributed by atoms with Crippen LogP contribution in [0.4, 0.5) is 0 Å². The zero-order valence-corrected chi connectivity index (χ0v) is 19.4. The van der Waals surface area contributed by atoms with Crippen LogP contribution in [-0.2, 0) is 11.0 Å². The predicted octanol–water partition coefficient (Wildman–Crippen LogP) is 6.61. The van der Waals surface area contributed by atoms with Crippen molar-refractivity contribution in [2.45, 2.75) is 78.2 Å². The van der Waals surface area contributed by atoms with E-state index in [1.807, 2.05) is 0 Å². The molecule has 156 valence electrons. The molecule has 1 saturated carbocycles. The van der Waals surface area contributed by atoms with Gasteiger partial charge in [0.1, 0.15) is 11.2 Å². The van der Waals surface area contributed by atoms with Gasteiger partial charge in [-0.05, 0) is 59.1 Å². The van der Waals surface area contributed by atoms with Gasteiger partial charge in [0.2, 0.25) is 0 Å². The summed E-state index contributed by atoms with van der Waals surface area (Å²) in [5.74, 6) is 2.12. The van der Waals surface area contributed by atoms with Gasteiger partial charge in [-0.1, -0.05) is 55.3 Å². The van der Waals surface area contributed by atoms with Crippen LogP contribution in [-0.4, -0.2) is 4.57 Å². The first-order valence-corrected chi connectivity index (χ1v) is 11.6. The molecule has 2 aromatic carbocycles. The number of fused-ring (bicyclic) bond motifs is 3. The molecule has 1 aliphatic heterocycles. The summed E-state index contributed by atoms with van der Waals surface area (Å²) in [5, 5.41) is 0. The molecule has 2 heterocycles. The van der Waals surface area contributed by atoms with Gasteiger partial charge in [-0.3, -0.25) is 0 Å². The highest BCUT2D eigenvalue weighted by Gasteiger charge is 2.55. The summed E-state index contributed by atoms with van der Waals surface area (Å²) in [6.45, 7) is 14.2. The minimum absolute atomic E-state index is 0.0176. The summed E-state index contributed by atoms with van der Waals surface area (Å²) in [6.07, 6.45) is 5.38. The minimum atomic E-state index is 0.0176. The quantitative estimate of drug-likeness (QED) is 0.429. The molecule has 1 atom stereocenters. The predicted molar refractivity (Wildman–Crippen MR) is 124 cm³/mol. The normalized spacial score (nSPS) is 21.1. The second-order valence-corrected chi connectivity index (χ2v) is 10.6.